The van der Waals surface area contributed by atoms with Gasteiger partial charge >= 0.3 is 0 Å². The third kappa shape index (κ3) is 4.63. The van der Waals surface area contributed by atoms with Crippen molar-refractivity contribution in [3.05, 3.63) is 47.0 Å². The molecule has 0 fully saturated rings. The highest BCUT2D eigenvalue weighted by molar-refractivity contribution is 5.30. The van der Waals surface area contributed by atoms with Crippen molar-refractivity contribution >= 4 is 0 Å². The van der Waals surface area contributed by atoms with Crippen LogP contribution in [0, 0.1) is 11.6 Å². The average molecular weight is 293 g/mol. The Morgan fingerprint density at radius 1 is 1.14 bits per heavy atom. The van der Waals surface area contributed by atoms with Crippen LogP contribution in [0.15, 0.2) is 29.8 Å². The second-order valence-corrected chi connectivity index (χ2v) is 5.78. The van der Waals surface area contributed by atoms with E-state index in [1.807, 2.05) is 0 Å². The maximum absolute atomic E-state index is 14.2. The predicted molar refractivity (Wildman–Crippen MR) is 83.2 cm³/mol. The molecule has 116 valence electrons. The van der Waals surface area contributed by atoms with E-state index >= 15 is 0 Å². The minimum Gasteiger partial charge on any atom is -0.306 e. The summed E-state index contributed by atoms with van der Waals surface area (Å²) in [6.07, 6.45) is 10.2. The van der Waals surface area contributed by atoms with E-state index in [9.17, 15) is 8.78 Å². The number of allylic oxidation sites excluding steroid dienone is 1. The van der Waals surface area contributed by atoms with Gasteiger partial charge in [-0.2, -0.15) is 0 Å². The number of hydrogen-bond acceptors (Lipinski definition) is 1. The van der Waals surface area contributed by atoms with Gasteiger partial charge in [-0.05, 0) is 44.7 Å². The molecule has 0 bridgehead atoms. The van der Waals surface area contributed by atoms with E-state index in [-0.39, 0.29) is 6.04 Å². The Bertz CT molecular complexity index is 482. The van der Waals surface area contributed by atoms with Gasteiger partial charge in [-0.1, -0.05) is 37.5 Å². The zero-order valence-electron chi connectivity index (χ0n) is 12.8. The molecule has 0 spiro atoms. The first-order valence-corrected chi connectivity index (χ1v) is 8.09. The predicted octanol–water partition coefficient (Wildman–Crippen LogP) is 5.29. The zero-order valence-corrected chi connectivity index (χ0v) is 12.8. The van der Waals surface area contributed by atoms with Gasteiger partial charge in [-0.15, -0.1) is 0 Å². The lowest BCUT2D eigenvalue weighted by molar-refractivity contribution is 0.507. The van der Waals surface area contributed by atoms with Crippen molar-refractivity contribution in [3.63, 3.8) is 0 Å². The lowest BCUT2D eigenvalue weighted by Crippen LogP contribution is -2.25. The fourth-order valence-corrected chi connectivity index (χ4v) is 2.94. The summed E-state index contributed by atoms with van der Waals surface area (Å²) in [4.78, 5) is 0. The molecule has 3 heteroatoms. The van der Waals surface area contributed by atoms with Gasteiger partial charge < -0.3 is 5.32 Å². The fraction of sp³-hybridized carbons (Fsp3) is 0.556. The van der Waals surface area contributed by atoms with E-state index in [2.05, 4.69) is 18.3 Å². The van der Waals surface area contributed by atoms with E-state index in [0.717, 1.165) is 38.3 Å². The summed E-state index contributed by atoms with van der Waals surface area (Å²) < 4.78 is 27.3. The molecule has 1 aliphatic rings. The Balaban J connectivity index is 2.27. The van der Waals surface area contributed by atoms with Gasteiger partial charge in [-0.3, -0.25) is 0 Å². The van der Waals surface area contributed by atoms with Crippen molar-refractivity contribution in [2.75, 3.05) is 6.54 Å². The molecule has 1 atom stereocenters. The van der Waals surface area contributed by atoms with Crippen LogP contribution in [0.2, 0.25) is 0 Å². The summed E-state index contributed by atoms with van der Waals surface area (Å²) in [5, 5.41) is 3.43. The van der Waals surface area contributed by atoms with Crippen LogP contribution in [0.3, 0.4) is 0 Å². The summed E-state index contributed by atoms with van der Waals surface area (Å²) in [5.41, 5.74) is 1.82. The van der Waals surface area contributed by atoms with Crippen molar-refractivity contribution in [2.24, 2.45) is 0 Å². The molecule has 1 nitrogen and oxygen atoms in total. The van der Waals surface area contributed by atoms with Crippen LogP contribution in [-0.4, -0.2) is 6.54 Å². The Labute approximate surface area is 126 Å². The summed E-state index contributed by atoms with van der Waals surface area (Å²) in [7, 11) is 0. The normalized spacial score (nSPS) is 20.2. The topological polar surface area (TPSA) is 12.0 Å². The van der Waals surface area contributed by atoms with Gasteiger partial charge in [0.05, 0.1) is 6.04 Å². The standard InChI is InChI=1S/C18H25F2N/c1-2-12-21-18(14-8-6-4-3-5-7-9-14)16-11-10-15(19)13-17(16)20/h8,10-11,13,18,21H,2-7,9,12H2,1H3/b14-8+. The van der Waals surface area contributed by atoms with Gasteiger partial charge in [0.2, 0.25) is 0 Å². The molecule has 1 aromatic rings. The third-order valence-electron chi connectivity index (χ3n) is 4.07. The van der Waals surface area contributed by atoms with Gasteiger partial charge in [0.1, 0.15) is 11.6 Å². The molecular weight excluding hydrogens is 268 g/mol. The number of benzene rings is 1. The minimum atomic E-state index is -0.517. The number of hydrogen-bond donors (Lipinski definition) is 1. The Kier molecular flexibility index (Phi) is 6.37. The molecule has 0 amide bonds. The third-order valence-corrected chi connectivity index (χ3v) is 4.07. The van der Waals surface area contributed by atoms with E-state index in [1.54, 1.807) is 6.07 Å². The monoisotopic (exact) mass is 293 g/mol. The Hall–Kier alpha value is -1.22. The number of halogens is 2. The fourth-order valence-electron chi connectivity index (χ4n) is 2.94. The van der Waals surface area contributed by atoms with Gasteiger partial charge in [0.25, 0.3) is 0 Å². The number of rotatable bonds is 5. The lowest BCUT2D eigenvalue weighted by Gasteiger charge is -2.24. The summed E-state index contributed by atoms with van der Waals surface area (Å²) >= 11 is 0. The zero-order chi connectivity index (χ0) is 15.1. The van der Waals surface area contributed by atoms with E-state index in [0.29, 0.717) is 5.56 Å². The van der Waals surface area contributed by atoms with Crippen LogP contribution < -0.4 is 5.32 Å². The second kappa shape index (κ2) is 8.28. The van der Waals surface area contributed by atoms with Crippen LogP contribution in [0.4, 0.5) is 8.78 Å². The molecule has 0 heterocycles. The highest BCUT2D eigenvalue weighted by Gasteiger charge is 2.20. The summed E-state index contributed by atoms with van der Waals surface area (Å²) in [5.74, 6) is -0.969. The quantitative estimate of drug-likeness (QED) is 0.728. The maximum atomic E-state index is 14.2. The highest BCUT2D eigenvalue weighted by Crippen LogP contribution is 2.30. The van der Waals surface area contributed by atoms with Crippen LogP contribution in [0.5, 0.6) is 0 Å². The van der Waals surface area contributed by atoms with Crippen LogP contribution >= 0.6 is 0 Å². The van der Waals surface area contributed by atoms with Crippen molar-refractivity contribution in [2.45, 2.75) is 57.9 Å². The van der Waals surface area contributed by atoms with Crippen LogP contribution in [-0.2, 0) is 0 Å². The first-order valence-electron chi connectivity index (χ1n) is 8.09. The van der Waals surface area contributed by atoms with Gasteiger partial charge in [0.15, 0.2) is 0 Å². The molecule has 2 rings (SSSR count). The average Bonchev–Trinajstić information content (AvgIpc) is 2.42. The Morgan fingerprint density at radius 2 is 1.95 bits per heavy atom. The molecule has 21 heavy (non-hydrogen) atoms. The van der Waals surface area contributed by atoms with Crippen molar-refractivity contribution < 1.29 is 8.78 Å². The van der Waals surface area contributed by atoms with Crippen molar-refractivity contribution in [3.8, 4) is 0 Å². The van der Waals surface area contributed by atoms with Gasteiger partial charge in [0, 0.05) is 11.6 Å². The van der Waals surface area contributed by atoms with E-state index in [1.165, 1.54) is 30.9 Å². The first kappa shape index (κ1) is 16.2. The molecule has 1 N–H and O–H groups in total. The minimum absolute atomic E-state index is 0.122. The summed E-state index contributed by atoms with van der Waals surface area (Å²) in [6.45, 7) is 2.93. The number of nitrogens with one attached hydrogen (secondary N) is 1. The summed E-state index contributed by atoms with van der Waals surface area (Å²) in [6, 6.07) is 3.79. The Morgan fingerprint density at radius 3 is 2.71 bits per heavy atom. The van der Waals surface area contributed by atoms with Crippen molar-refractivity contribution in [1.29, 1.82) is 0 Å². The lowest BCUT2D eigenvalue weighted by atomic mass is 9.90. The molecule has 0 saturated carbocycles. The van der Waals surface area contributed by atoms with Gasteiger partial charge in [-0.25, -0.2) is 8.78 Å². The molecule has 0 aliphatic heterocycles. The largest absolute Gasteiger partial charge is 0.306 e. The SMILES string of the molecule is CCCNC(/C1=C/CCCCCC1)c1ccc(F)cc1F. The second-order valence-electron chi connectivity index (χ2n) is 5.78. The van der Waals surface area contributed by atoms with E-state index in [4.69, 9.17) is 0 Å². The molecule has 1 aromatic carbocycles. The molecule has 1 aliphatic carbocycles. The van der Waals surface area contributed by atoms with Crippen LogP contribution in [0.1, 0.15) is 63.5 Å². The maximum Gasteiger partial charge on any atom is 0.131 e. The molecule has 1 unspecified atom stereocenters. The van der Waals surface area contributed by atoms with Crippen LogP contribution in [0.25, 0.3) is 0 Å². The molecule has 0 aromatic heterocycles. The highest BCUT2D eigenvalue weighted by atomic mass is 19.1. The molecular formula is C18H25F2N. The molecule has 0 saturated heterocycles. The van der Waals surface area contributed by atoms with Crippen molar-refractivity contribution in [1.82, 2.24) is 5.32 Å². The van der Waals surface area contributed by atoms with E-state index < -0.39 is 11.6 Å². The first-order chi connectivity index (χ1) is 10.2. The molecule has 0 radical (unpaired) electrons. The smallest absolute Gasteiger partial charge is 0.131 e.